The van der Waals surface area contributed by atoms with E-state index in [-0.39, 0.29) is 23.3 Å². The Bertz CT molecular complexity index is 735. The van der Waals surface area contributed by atoms with Crippen molar-refractivity contribution in [3.63, 3.8) is 0 Å². The zero-order chi connectivity index (χ0) is 15.4. The van der Waals surface area contributed by atoms with E-state index < -0.39 is 11.8 Å². The van der Waals surface area contributed by atoms with Crippen molar-refractivity contribution >= 4 is 5.97 Å². The number of halogens is 1. The molecule has 0 amide bonds. The van der Waals surface area contributed by atoms with E-state index in [1.54, 1.807) is 31.2 Å². The third kappa shape index (κ3) is 3.00. The Kier molecular flexibility index (Phi) is 4.19. The normalized spacial score (nSPS) is 9.95. The summed E-state index contributed by atoms with van der Waals surface area (Å²) in [6.45, 7) is 1.55. The highest BCUT2D eigenvalue weighted by Crippen LogP contribution is 2.23. The lowest BCUT2D eigenvalue weighted by Gasteiger charge is -2.11. The fraction of sp³-hybridized carbons (Fsp3) is 0.125. The predicted molar refractivity (Wildman–Crippen MR) is 73.6 cm³/mol. The molecule has 0 radical (unpaired) electrons. The van der Waals surface area contributed by atoms with E-state index in [1.807, 2.05) is 0 Å². The van der Waals surface area contributed by atoms with Gasteiger partial charge in [0.2, 0.25) is 0 Å². The van der Waals surface area contributed by atoms with Crippen LogP contribution < -0.4 is 4.74 Å². The maximum absolute atomic E-state index is 13.9. The van der Waals surface area contributed by atoms with Crippen molar-refractivity contribution in [2.24, 2.45) is 0 Å². The molecule has 0 aromatic heterocycles. The summed E-state index contributed by atoms with van der Waals surface area (Å²) >= 11 is 0. The van der Waals surface area contributed by atoms with Crippen LogP contribution in [0.3, 0.4) is 0 Å². The van der Waals surface area contributed by atoms with E-state index in [0.29, 0.717) is 11.3 Å². The molecule has 0 aliphatic carbocycles. The molecular weight excluding hydrogens is 273 g/mol. The molecule has 0 unspecified atom stereocenters. The molecule has 2 aromatic carbocycles. The Labute approximate surface area is 121 Å². The van der Waals surface area contributed by atoms with Crippen LogP contribution in [0.25, 0.3) is 0 Å². The van der Waals surface area contributed by atoms with Crippen molar-refractivity contribution in [3.8, 4) is 11.8 Å². The number of benzene rings is 2. The molecule has 106 valence electrons. The second-order valence-electron chi connectivity index (χ2n) is 4.41. The largest absolute Gasteiger partial charge is 0.488 e. The number of nitrogens with zero attached hydrogens (tertiary/aromatic N) is 1. The van der Waals surface area contributed by atoms with Gasteiger partial charge in [-0.1, -0.05) is 18.2 Å². The zero-order valence-electron chi connectivity index (χ0n) is 11.3. The molecular formula is C16H12FNO3. The van der Waals surface area contributed by atoms with Crippen LogP contribution in [0.1, 0.15) is 27.0 Å². The van der Waals surface area contributed by atoms with Crippen LogP contribution in [0.4, 0.5) is 4.39 Å². The molecule has 0 spiro atoms. The summed E-state index contributed by atoms with van der Waals surface area (Å²) in [7, 11) is 0. The van der Waals surface area contributed by atoms with Gasteiger partial charge in [-0.15, -0.1) is 0 Å². The summed E-state index contributed by atoms with van der Waals surface area (Å²) in [5, 5.41) is 17.8. The third-order valence-corrected chi connectivity index (χ3v) is 3.10. The lowest BCUT2D eigenvalue weighted by atomic mass is 10.1. The molecule has 0 saturated carbocycles. The first-order valence-electron chi connectivity index (χ1n) is 6.17. The van der Waals surface area contributed by atoms with E-state index in [2.05, 4.69) is 0 Å². The minimum absolute atomic E-state index is 0.0490. The summed E-state index contributed by atoms with van der Waals surface area (Å²) in [5.74, 6) is -1.29. The summed E-state index contributed by atoms with van der Waals surface area (Å²) in [5.41, 5.74) is 0.807. The molecule has 5 heteroatoms. The minimum atomic E-state index is -1.05. The van der Waals surface area contributed by atoms with Crippen LogP contribution >= 0.6 is 0 Å². The average Bonchev–Trinajstić information content (AvgIpc) is 2.47. The maximum Gasteiger partial charge on any atom is 0.336 e. The van der Waals surface area contributed by atoms with Gasteiger partial charge in [0.25, 0.3) is 0 Å². The first-order chi connectivity index (χ1) is 10.0. The average molecular weight is 285 g/mol. The van der Waals surface area contributed by atoms with E-state index in [4.69, 9.17) is 15.1 Å². The molecule has 21 heavy (non-hydrogen) atoms. The molecule has 0 saturated heterocycles. The number of ether oxygens (including phenoxy) is 1. The van der Waals surface area contributed by atoms with Crippen LogP contribution in [-0.2, 0) is 6.61 Å². The van der Waals surface area contributed by atoms with Crippen molar-refractivity contribution in [3.05, 3.63) is 64.5 Å². The van der Waals surface area contributed by atoms with Crippen LogP contribution in [0.2, 0.25) is 0 Å². The highest BCUT2D eigenvalue weighted by atomic mass is 19.1. The Hall–Kier alpha value is -2.87. The van der Waals surface area contributed by atoms with Crippen molar-refractivity contribution < 1.29 is 19.0 Å². The number of nitriles is 1. The van der Waals surface area contributed by atoms with Crippen molar-refractivity contribution in [1.29, 1.82) is 5.26 Å². The van der Waals surface area contributed by atoms with Gasteiger partial charge in [-0.3, -0.25) is 0 Å². The van der Waals surface area contributed by atoms with Crippen LogP contribution in [0.5, 0.6) is 5.75 Å². The molecule has 1 N–H and O–H groups in total. The smallest absolute Gasteiger partial charge is 0.336 e. The number of carbonyl (C=O) groups is 1. The zero-order valence-corrected chi connectivity index (χ0v) is 11.3. The topological polar surface area (TPSA) is 70.3 Å². The fourth-order valence-corrected chi connectivity index (χ4v) is 1.94. The molecule has 4 nitrogen and oxygen atoms in total. The standard InChI is InChI=1S/C16H12FNO3/c1-10-13(16(19)20)6-3-7-14(10)21-9-12-5-2-4-11(8-18)15(12)17/h2-7H,9H2,1H3,(H,19,20). The molecule has 0 aliphatic rings. The first kappa shape index (κ1) is 14.5. The van der Waals surface area contributed by atoms with Crippen molar-refractivity contribution in [2.75, 3.05) is 0 Å². The number of carboxylic acid groups (broad SMARTS) is 1. The van der Waals surface area contributed by atoms with E-state index >= 15 is 0 Å². The maximum atomic E-state index is 13.9. The second kappa shape index (κ2) is 6.06. The van der Waals surface area contributed by atoms with Crippen molar-refractivity contribution in [1.82, 2.24) is 0 Å². The Balaban J connectivity index is 2.24. The van der Waals surface area contributed by atoms with Gasteiger partial charge in [0, 0.05) is 11.1 Å². The Morgan fingerprint density at radius 1 is 1.33 bits per heavy atom. The van der Waals surface area contributed by atoms with Gasteiger partial charge in [-0.2, -0.15) is 5.26 Å². The van der Waals surface area contributed by atoms with E-state index in [9.17, 15) is 9.18 Å². The van der Waals surface area contributed by atoms with Gasteiger partial charge < -0.3 is 9.84 Å². The predicted octanol–water partition coefficient (Wildman–Crippen LogP) is 3.28. The fourth-order valence-electron chi connectivity index (χ4n) is 1.94. The monoisotopic (exact) mass is 285 g/mol. The summed E-state index contributed by atoms with van der Waals surface area (Å²) in [6, 6.07) is 10.9. The molecule has 0 atom stereocenters. The van der Waals surface area contributed by atoms with Crippen molar-refractivity contribution in [2.45, 2.75) is 13.5 Å². The summed E-state index contributed by atoms with van der Waals surface area (Å²) < 4.78 is 19.4. The molecule has 0 fully saturated rings. The highest BCUT2D eigenvalue weighted by Gasteiger charge is 2.12. The number of aromatic carboxylic acids is 1. The molecule has 0 aliphatic heterocycles. The van der Waals surface area contributed by atoms with Gasteiger partial charge in [-0.05, 0) is 25.1 Å². The van der Waals surface area contributed by atoms with E-state index in [0.717, 1.165) is 0 Å². The number of hydrogen-bond donors (Lipinski definition) is 1. The number of carboxylic acids is 1. The Morgan fingerprint density at radius 2 is 2.05 bits per heavy atom. The Morgan fingerprint density at radius 3 is 2.71 bits per heavy atom. The molecule has 0 bridgehead atoms. The summed E-state index contributed by atoms with van der Waals surface area (Å²) in [6.07, 6.45) is 0. The molecule has 2 rings (SSSR count). The third-order valence-electron chi connectivity index (χ3n) is 3.10. The first-order valence-corrected chi connectivity index (χ1v) is 6.17. The van der Waals surface area contributed by atoms with Crippen LogP contribution in [0, 0.1) is 24.1 Å². The highest BCUT2D eigenvalue weighted by molar-refractivity contribution is 5.90. The van der Waals surface area contributed by atoms with Crippen LogP contribution in [-0.4, -0.2) is 11.1 Å². The minimum Gasteiger partial charge on any atom is -0.488 e. The van der Waals surface area contributed by atoms with Gasteiger partial charge in [0.1, 0.15) is 24.2 Å². The van der Waals surface area contributed by atoms with Gasteiger partial charge in [0.05, 0.1) is 11.1 Å². The van der Waals surface area contributed by atoms with E-state index in [1.165, 1.54) is 18.2 Å². The van der Waals surface area contributed by atoms with Gasteiger partial charge >= 0.3 is 5.97 Å². The van der Waals surface area contributed by atoms with Crippen LogP contribution in [0.15, 0.2) is 36.4 Å². The van der Waals surface area contributed by atoms with Gasteiger partial charge in [-0.25, -0.2) is 9.18 Å². The number of hydrogen-bond acceptors (Lipinski definition) is 3. The lowest BCUT2D eigenvalue weighted by molar-refractivity contribution is 0.0695. The quantitative estimate of drug-likeness (QED) is 0.935. The lowest BCUT2D eigenvalue weighted by Crippen LogP contribution is -2.04. The molecule has 0 heterocycles. The second-order valence-corrected chi connectivity index (χ2v) is 4.41. The number of rotatable bonds is 4. The summed E-state index contributed by atoms with van der Waals surface area (Å²) in [4.78, 5) is 11.0. The molecule has 2 aromatic rings. The SMILES string of the molecule is Cc1c(OCc2cccc(C#N)c2F)cccc1C(=O)O. The van der Waals surface area contributed by atoms with Gasteiger partial charge in [0.15, 0.2) is 0 Å².